The molecule has 0 aliphatic rings. The molecule has 0 unspecified atom stereocenters. The molecule has 0 heterocycles. The van der Waals surface area contributed by atoms with E-state index in [2.05, 4.69) is 26.5 Å². The molecule has 0 aliphatic carbocycles. The summed E-state index contributed by atoms with van der Waals surface area (Å²) in [5.41, 5.74) is 5.59. The van der Waals surface area contributed by atoms with Gasteiger partial charge in [-0.1, -0.05) is 48.0 Å². The average Bonchev–Trinajstić information content (AvgIpc) is 2.82. The Labute approximate surface area is 213 Å². The molecule has 0 spiro atoms. The van der Waals surface area contributed by atoms with Gasteiger partial charge in [-0.25, -0.2) is 13.8 Å². The van der Waals surface area contributed by atoms with Crippen molar-refractivity contribution in [2.45, 2.75) is 13.5 Å². The van der Waals surface area contributed by atoms with Crippen LogP contribution in [0, 0.1) is 6.92 Å². The number of rotatable bonds is 10. The number of carbonyl (C=O) groups excluding carboxylic acids is 1. The Morgan fingerprint density at radius 2 is 1.80 bits per heavy atom. The normalized spacial score (nSPS) is 11.3. The van der Waals surface area contributed by atoms with Gasteiger partial charge in [0, 0.05) is 0 Å². The van der Waals surface area contributed by atoms with E-state index in [0.717, 1.165) is 16.1 Å². The molecule has 3 aromatic rings. The summed E-state index contributed by atoms with van der Waals surface area (Å²) in [4.78, 5) is 12.4. The van der Waals surface area contributed by atoms with Crippen LogP contribution in [0.3, 0.4) is 0 Å². The molecular weight excluding hydrogens is 534 g/mol. The second kappa shape index (κ2) is 11.9. The number of amides is 1. The summed E-state index contributed by atoms with van der Waals surface area (Å²) in [5.74, 6) is 0.451. The number of nitrogens with one attached hydrogen (secondary N) is 1. The van der Waals surface area contributed by atoms with Crippen LogP contribution < -0.4 is 19.2 Å². The first-order valence-corrected chi connectivity index (χ1v) is 13.2. The number of benzene rings is 3. The molecule has 0 fully saturated rings. The lowest BCUT2D eigenvalue weighted by molar-refractivity contribution is -0.119. The smallest absolute Gasteiger partial charge is 0.260 e. The van der Waals surface area contributed by atoms with Crippen molar-refractivity contribution in [3.05, 3.63) is 87.9 Å². The molecule has 0 atom stereocenters. The van der Waals surface area contributed by atoms with Crippen LogP contribution in [0.5, 0.6) is 11.5 Å². The molecule has 3 aromatic carbocycles. The SMILES string of the molecule is COc1cc(/C=N\NC(=O)CN(c2ccccc2)S(C)(=O)=O)cc(Br)c1OCc1ccc(C)cc1. The standard InChI is InChI=1S/C25H26BrN3O5S/c1-18-9-11-19(12-10-18)17-34-25-22(26)13-20(14-23(25)33-2)15-27-28-24(30)16-29(35(3,31)32)21-7-5-4-6-8-21/h4-15H,16-17H2,1-3H3,(H,28,30)/b27-15-. The van der Waals surface area contributed by atoms with Crippen LogP contribution in [0.4, 0.5) is 5.69 Å². The van der Waals surface area contributed by atoms with Gasteiger partial charge in [0.25, 0.3) is 5.91 Å². The van der Waals surface area contributed by atoms with E-state index in [1.54, 1.807) is 42.5 Å². The Morgan fingerprint density at radius 3 is 2.43 bits per heavy atom. The molecule has 10 heteroatoms. The summed E-state index contributed by atoms with van der Waals surface area (Å²) in [5, 5.41) is 3.96. The molecule has 0 radical (unpaired) electrons. The number of methoxy groups -OCH3 is 1. The highest BCUT2D eigenvalue weighted by atomic mass is 79.9. The molecule has 0 saturated carbocycles. The number of halogens is 1. The Balaban J connectivity index is 1.66. The van der Waals surface area contributed by atoms with Crippen molar-refractivity contribution >= 4 is 43.8 Å². The van der Waals surface area contributed by atoms with Crippen molar-refractivity contribution in [3.63, 3.8) is 0 Å². The lowest BCUT2D eigenvalue weighted by Crippen LogP contribution is -2.38. The summed E-state index contributed by atoms with van der Waals surface area (Å²) in [7, 11) is -2.12. The van der Waals surface area contributed by atoms with E-state index < -0.39 is 22.5 Å². The zero-order chi connectivity index (χ0) is 25.4. The van der Waals surface area contributed by atoms with E-state index in [1.165, 1.54) is 18.9 Å². The summed E-state index contributed by atoms with van der Waals surface area (Å²) in [6, 6.07) is 19.9. The van der Waals surface area contributed by atoms with Crippen LogP contribution in [0.25, 0.3) is 0 Å². The molecule has 184 valence electrons. The first-order valence-electron chi connectivity index (χ1n) is 10.6. The van der Waals surface area contributed by atoms with E-state index >= 15 is 0 Å². The van der Waals surface area contributed by atoms with Gasteiger partial charge in [0.05, 0.1) is 29.7 Å². The van der Waals surface area contributed by atoms with Crippen LogP contribution in [0.15, 0.2) is 76.3 Å². The third-order valence-corrected chi connectivity index (χ3v) is 6.62. The number of hydrogen-bond acceptors (Lipinski definition) is 6. The Morgan fingerprint density at radius 1 is 1.11 bits per heavy atom. The maximum atomic E-state index is 12.4. The first-order chi connectivity index (χ1) is 16.7. The molecule has 1 N–H and O–H groups in total. The van der Waals surface area contributed by atoms with Crippen molar-refractivity contribution in [1.82, 2.24) is 5.43 Å². The van der Waals surface area contributed by atoms with Gasteiger partial charge < -0.3 is 9.47 Å². The van der Waals surface area contributed by atoms with Crippen LogP contribution in [-0.4, -0.2) is 40.4 Å². The van der Waals surface area contributed by atoms with Crippen molar-refractivity contribution in [2.24, 2.45) is 5.10 Å². The molecule has 0 aromatic heterocycles. The van der Waals surface area contributed by atoms with E-state index in [4.69, 9.17) is 9.47 Å². The zero-order valence-electron chi connectivity index (χ0n) is 19.6. The number of ether oxygens (including phenoxy) is 2. The highest BCUT2D eigenvalue weighted by Gasteiger charge is 2.20. The van der Waals surface area contributed by atoms with E-state index in [1.807, 2.05) is 31.2 Å². The van der Waals surface area contributed by atoms with Crippen LogP contribution in [0.2, 0.25) is 0 Å². The van der Waals surface area contributed by atoms with Crippen molar-refractivity contribution < 1.29 is 22.7 Å². The maximum absolute atomic E-state index is 12.4. The third kappa shape index (κ3) is 7.56. The molecule has 35 heavy (non-hydrogen) atoms. The number of aryl methyl sites for hydroxylation is 1. The van der Waals surface area contributed by atoms with Gasteiger partial charge in [0.1, 0.15) is 13.2 Å². The minimum Gasteiger partial charge on any atom is -0.493 e. The fourth-order valence-corrected chi connectivity index (χ4v) is 4.56. The van der Waals surface area contributed by atoms with Gasteiger partial charge in [0.2, 0.25) is 10.0 Å². The van der Waals surface area contributed by atoms with Crippen molar-refractivity contribution in [3.8, 4) is 11.5 Å². The van der Waals surface area contributed by atoms with Crippen LogP contribution in [0.1, 0.15) is 16.7 Å². The van der Waals surface area contributed by atoms with Crippen molar-refractivity contribution in [2.75, 3.05) is 24.2 Å². The summed E-state index contributed by atoms with van der Waals surface area (Å²) < 4.78 is 37.4. The van der Waals surface area contributed by atoms with Gasteiger partial charge in [-0.05, 0) is 58.2 Å². The fraction of sp³-hybridized carbons (Fsp3) is 0.200. The maximum Gasteiger partial charge on any atom is 0.260 e. The zero-order valence-corrected chi connectivity index (χ0v) is 22.0. The highest BCUT2D eigenvalue weighted by molar-refractivity contribution is 9.10. The monoisotopic (exact) mass is 559 g/mol. The van der Waals surface area contributed by atoms with Gasteiger partial charge in [-0.15, -0.1) is 0 Å². The molecule has 8 nitrogen and oxygen atoms in total. The molecular formula is C25H26BrN3O5S. The summed E-state index contributed by atoms with van der Waals surface area (Å²) >= 11 is 3.50. The lowest BCUT2D eigenvalue weighted by Gasteiger charge is -2.21. The molecule has 3 rings (SSSR count). The van der Waals surface area contributed by atoms with E-state index in [0.29, 0.717) is 33.8 Å². The minimum atomic E-state index is -3.65. The Bertz CT molecular complexity index is 1300. The lowest BCUT2D eigenvalue weighted by atomic mass is 10.2. The third-order valence-electron chi connectivity index (χ3n) is 4.89. The molecule has 0 saturated heterocycles. The first kappa shape index (κ1) is 26.2. The number of anilines is 1. The summed E-state index contributed by atoms with van der Waals surface area (Å²) in [6.07, 6.45) is 2.48. The number of nitrogens with zero attached hydrogens (tertiary/aromatic N) is 2. The quantitative estimate of drug-likeness (QED) is 0.295. The number of carbonyl (C=O) groups is 1. The highest BCUT2D eigenvalue weighted by Crippen LogP contribution is 2.36. The minimum absolute atomic E-state index is 0.372. The Kier molecular flexibility index (Phi) is 8.89. The Hall–Kier alpha value is -3.37. The predicted molar refractivity (Wildman–Crippen MR) is 141 cm³/mol. The van der Waals surface area contributed by atoms with Gasteiger partial charge in [0.15, 0.2) is 11.5 Å². The second-order valence-corrected chi connectivity index (χ2v) is 10.5. The number of hydrogen-bond donors (Lipinski definition) is 1. The van der Waals surface area contributed by atoms with Crippen LogP contribution >= 0.6 is 15.9 Å². The number of hydrazone groups is 1. The molecule has 0 bridgehead atoms. The van der Waals surface area contributed by atoms with Gasteiger partial charge in [-0.2, -0.15) is 5.10 Å². The summed E-state index contributed by atoms with van der Waals surface area (Å²) in [6.45, 7) is 1.99. The fourth-order valence-electron chi connectivity index (χ4n) is 3.13. The van der Waals surface area contributed by atoms with Gasteiger partial charge in [-0.3, -0.25) is 9.10 Å². The second-order valence-electron chi connectivity index (χ2n) is 7.71. The number of sulfonamides is 1. The predicted octanol–water partition coefficient (Wildman–Crippen LogP) is 4.26. The molecule has 1 amide bonds. The average molecular weight is 560 g/mol. The topological polar surface area (TPSA) is 97.3 Å². The largest absolute Gasteiger partial charge is 0.493 e. The van der Waals surface area contributed by atoms with E-state index in [-0.39, 0.29) is 0 Å². The van der Waals surface area contributed by atoms with Crippen LogP contribution in [-0.2, 0) is 21.4 Å². The molecule has 0 aliphatic heterocycles. The van der Waals surface area contributed by atoms with Crippen molar-refractivity contribution in [1.29, 1.82) is 0 Å². The number of para-hydroxylation sites is 1. The van der Waals surface area contributed by atoms with E-state index in [9.17, 15) is 13.2 Å². The van der Waals surface area contributed by atoms with Gasteiger partial charge >= 0.3 is 0 Å².